The Bertz CT molecular complexity index is 615. The van der Waals surface area contributed by atoms with Crippen LogP contribution in [0.1, 0.15) is 16.1 Å². The van der Waals surface area contributed by atoms with E-state index in [1.165, 1.54) is 6.20 Å². The van der Waals surface area contributed by atoms with Gasteiger partial charge in [0.2, 0.25) is 0 Å². The second-order valence-corrected chi connectivity index (χ2v) is 3.94. The van der Waals surface area contributed by atoms with Crippen LogP contribution in [-0.4, -0.2) is 20.6 Å². The van der Waals surface area contributed by atoms with Gasteiger partial charge < -0.3 is 10.1 Å². The SMILES string of the molecule is O=C(O)c1c[nH]c(=O)n1Cc1cccc(Cl)c1. The Kier molecular flexibility index (Phi) is 3.01. The van der Waals surface area contributed by atoms with Crippen LogP contribution in [0.5, 0.6) is 0 Å². The first-order chi connectivity index (χ1) is 8.08. The highest BCUT2D eigenvalue weighted by atomic mass is 35.5. The Hall–Kier alpha value is -2.01. The van der Waals surface area contributed by atoms with E-state index in [9.17, 15) is 9.59 Å². The summed E-state index contributed by atoms with van der Waals surface area (Å²) in [6.45, 7) is 0.171. The summed E-state index contributed by atoms with van der Waals surface area (Å²) in [4.78, 5) is 24.7. The molecule has 0 aliphatic rings. The van der Waals surface area contributed by atoms with E-state index in [4.69, 9.17) is 16.7 Å². The molecule has 2 N–H and O–H groups in total. The third-order valence-corrected chi connectivity index (χ3v) is 2.55. The zero-order valence-electron chi connectivity index (χ0n) is 8.68. The molecule has 1 aromatic carbocycles. The number of halogens is 1. The van der Waals surface area contributed by atoms with Gasteiger partial charge in [-0.15, -0.1) is 0 Å². The predicted molar refractivity (Wildman–Crippen MR) is 62.6 cm³/mol. The molecule has 0 aliphatic carbocycles. The van der Waals surface area contributed by atoms with Gasteiger partial charge >= 0.3 is 11.7 Å². The summed E-state index contributed by atoms with van der Waals surface area (Å²) >= 11 is 5.82. The zero-order chi connectivity index (χ0) is 12.4. The van der Waals surface area contributed by atoms with Crippen molar-refractivity contribution in [2.45, 2.75) is 6.54 Å². The lowest BCUT2D eigenvalue weighted by molar-refractivity contribution is 0.0685. The quantitative estimate of drug-likeness (QED) is 0.871. The molecule has 88 valence electrons. The largest absolute Gasteiger partial charge is 0.477 e. The maximum absolute atomic E-state index is 11.4. The highest BCUT2D eigenvalue weighted by Crippen LogP contribution is 2.12. The van der Waals surface area contributed by atoms with E-state index in [2.05, 4.69) is 4.98 Å². The molecule has 0 radical (unpaired) electrons. The van der Waals surface area contributed by atoms with Gasteiger partial charge in [-0.2, -0.15) is 0 Å². The van der Waals surface area contributed by atoms with Crippen molar-refractivity contribution in [1.82, 2.24) is 9.55 Å². The lowest BCUT2D eigenvalue weighted by Gasteiger charge is -2.04. The molecule has 2 aromatic rings. The van der Waals surface area contributed by atoms with Gasteiger partial charge in [-0.1, -0.05) is 23.7 Å². The Morgan fingerprint density at radius 1 is 1.47 bits per heavy atom. The topological polar surface area (TPSA) is 75.1 Å². The monoisotopic (exact) mass is 252 g/mol. The molecule has 0 fully saturated rings. The molecule has 0 amide bonds. The number of imidazole rings is 1. The number of aromatic nitrogens is 2. The van der Waals surface area contributed by atoms with Crippen molar-refractivity contribution in [3.8, 4) is 0 Å². The van der Waals surface area contributed by atoms with Gasteiger partial charge in [0.25, 0.3) is 0 Å². The molecule has 17 heavy (non-hydrogen) atoms. The van der Waals surface area contributed by atoms with Crippen LogP contribution in [0.2, 0.25) is 5.02 Å². The van der Waals surface area contributed by atoms with Crippen LogP contribution in [0.25, 0.3) is 0 Å². The van der Waals surface area contributed by atoms with Crippen LogP contribution >= 0.6 is 11.6 Å². The summed E-state index contributed by atoms with van der Waals surface area (Å²) < 4.78 is 1.15. The van der Waals surface area contributed by atoms with Crippen molar-refractivity contribution < 1.29 is 9.90 Å². The molecule has 2 rings (SSSR count). The third-order valence-electron chi connectivity index (χ3n) is 2.32. The van der Waals surface area contributed by atoms with E-state index in [1.54, 1.807) is 24.3 Å². The van der Waals surface area contributed by atoms with Crippen molar-refractivity contribution in [3.05, 3.63) is 57.2 Å². The maximum Gasteiger partial charge on any atom is 0.354 e. The van der Waals surface area contributed by atoms with E-state index in [1.807, 2.05) is 0 Å². The molecule has 6 heteroatoms. The number of hydrogen-bond donors (Lipinski definition) is 2. The van der Waals surface area contributed by atoms with E-state index in [-0.39, 0.29) is 12.2 Å². The van der Waals surface area contributed by atoms with Gasteiger partial charge in [-0.05, 0) is 17.7 Å². The molecular weight excluding hydrogens is 244 g/mol. The number of aromatic amines is 1. The van der Waals surface area contributed by atoms with Gasteiger partial charge in [-0.25, -0.2) is 9.59 Å². The van der Waals surface area contributed by atoms with Crippen LogP contribution in [0.4, 0.5) is 0 Å². The van der Waals surface area contributed by atoms with E-state index in [0.717, 1.165) is 10.1 Å². The minimum absolute atomic E-state index is 0.0741. The predicted octanol–water partition coefficient (Wildman–Crippen LogP) is 1.58. The smallest absolute Gasteiger partial charge is 0.354 e. The highest BCUT2D eigenvalue weighted by Gasteiger charge is 2.12. The molecule has 0 unspecified atom stereocenters. The van der Waals surface area contributed by atoms with Crippen LogP contribution in [-0.2, 0) is 6.54 Å². The molecule has 0 bridgehead atoms. The van der Waals surface area contributed by atoms with E-state index in [0.29, 0.717) is 5.02 Å². The summed E-state index contributed by atoms with van der Waals surface area (Å²) in [5, 5.41) is 9.45. The van der Waals surface area contributed by atoms with Crippen molar-refractivity contribution in [3.63, 3.8) is 0 Å². The molecule has 1 heterocycles. The molecule has 0 saturated heterocycles. The lowest BCUT2D eigenvalue weighted by Crippen LogP contribution is -2.21. The van der Waals surface area contributed by atoms with Crippen molar-refractivity contribution in [1.29, 1.82) is 0 Å². The standard InChI is InChI=1S/C11H9ClN2O3/c12-8-3-1-2-7(4-8)6-14-9(10(15)16)5-13-11(14)17/h1-5H,6H2,(H,13,17)(H,15,16). The molecule has 0 spiro atoms. The molecule has 0 aliphatic heterocycles. The Morgan fingerprint density at radius 2 is 2.24 bits per heavy atom. The minimum atomic E-state index is -1.15. The minimum Gasteiger partial charge on any atom is -0.477 e. The third kappa shape index (κ3) is 2.39. The molecule has 5 nitrogen and oxygen atoms in total. The Morgan fingerprint density at radius 3 is 2.88 bits per heavy atom. The van der Waals surface area contributed by atoms with Crippen molar-refractivity contribution >= 4 is 17.6 Å². The van der Waals surface area contributed by atoms with Crippen LogP contribution in [0, 0.1) is 0 Å². The number of benzene rings is 1. The number of hydrogen-bond acceptors (Lipinski definition) is 2. The fourth-order valence-electron chi connectivity index (χ4n) is 1.55. The lowest BCUT2D eigenvalue weighted by atomic mass is 10.2. The van der Waals surface area contributed by atoms with E-state index >= 15 is 0 Å². The fourth-order valence-corrected chi connectivity index (χ4v) is 1.76. The van der Waals surface area contributed by atoms with Crippen molar-refractivity contribution in [2.75, 3.05) is 0 Å². The normalized spacial score (nSPS) is 10.4. The summed E-state index contributed by atoms with van der Waals surface area (Å²) in [6, 6.07) is 6.92. The number of carbonyl (C=O) groups is 1. The zero-order valence-corrected chi connectivity index (χ0v) is 9.44. The first-order valence-corrected chi connectivity index (χ1v) is 5.21. The summed E-state index contributed by atoms with van der Waals surface area (Å²) in [7, 11) is 0. The number of H-pyrrole nitrogens is 1. The second-order valence-electron chi connectivity index (χ2n) is 3.50. The van der Waals surface area contributed by atoms with Crippen LogP contribution in [0.3, 0.4) is 0 Å². The van der Waals surface area contributed by atoms with Gasteiger partial charge in [0.15, 0.2) is 0 Å². The summed E-state index contributed by atoms with van der Waals surface area (Å²) in [5.74, 6) is -1.15. The number of aromatic carboxylic acids is 1. The number of carboxylic acids is 1. The van der Waals surface area contributed by atoms with Crippen LogP contribution in [0.15, 0.2) is 35.3 Å². The fraction of sp³-hybridized carbons (Fsp3) is 0.0909. The molecule has 1 aromatic heterocycles. The number of rotatable bonds is 3. The Balaban J connectivity index is 2.39. The summed E-state index contributed by atoms with van der Waals surface area (Å²) in [6.07, 6.45) is 1.18. The van der Waals surface area contributed by atoms with Gasteiger partial charge in [0.05, 0.1) is 6.54 Å². The first-order valence-electron chi connectivity index (χ1n) is 4.84. The van der Waals surface area contributed by atoms with Crippen LogP contribution < -0.4 is 5.69 Å². The Labute approximate surface area is 101 Å². The number of carboxylic acid groups (broad SMARTS) is 1. The van der Waals surface area contributed by atoms with E-state index < -0.39 is 11.7 Å². The first kappa shape index (κ1) is 11.5. The molecule has 0 saturated carbocycles. The number of nitrogens with zero attached hydrogens (tertiary/aromatic N) is 1. The van der Waals surface area contributed by atoms with Crippen molar-refractivity contribution in [2.24, 2.45) is 0 Å². The highest BCUT2D eigenvalue weighted by molar-refractivity contribution is 6.30. The second kappa shape index (κ2) is 4.47. The van der Waals surface area contributed by atoms with Gasteiger partial charge in [-0.3, -0.25) is 4.57 Å². The average Bonchev–Trinajstić information content (AvgIpc) is 2.61. The molecular formula is C11H9ClN2O3. The number of nitrogens with one attached hydrogen (secondary N) is 1. The summed E-state index contributed by atoms with van der Waals surface area (Å²) in [5.41, 5.74) is 0.235. The van der Waals surface area contributed by atoms with Gasteiger partial charge in [0, 0.05) is 11.2 Å². The average molecular weight is 253 g/mol. The maximum atomic E-state index is 11.4. The molecule has 0 atom stereocenters. The van der Waals surface area contributed by atoms with Gasteiger partial charge in [0.1, 0.15) is 5.69 Å².